The molecule has 1 aliphatic heterocycles. The number of carbonyl (C=O) groups is 1. The summed E-state index contributed by atoms with van der Waals surface area (Å²) in [6.07, 6.45) is 7.03. The average Bonchev–Trinajstić information content (AvgIpc) is 2.91. The third-order valence-electron chi connectivity index (χ3n) is 4.09. The zero-order valence-corrected chi connectivity index (χ0v) is 12.7. The molecule has 0 unspecified atom stereocenters. The Morgan fingerprint density at radius 2 is 2.04 bits per heavy atom. The molecule has 0 spiro atoms. The highest BCUT2D eigenvalue weighted by Gasteiger charge is 2.25. The van der Waals surface area contributed by atoms with Crippen LogP contribution >= 0.6 is 0 Å². The number of hydrogen-bond donors (Lipinski definition) is 2. The van der Waals surface area contributed by atoms with E-state index in [0.717, 1.165) is 35.2 Å². The highest BCUT2D eigenvalue weighted by atomic mass is 16.2. The molecule has 1 aliphatic rings. The normalized spacial score (nSPS) is 14.7. The van der Waals surface area contributed by atoms with E-state index in [9.17, 15) is 4.79 Å². The fourth-order valence-electron chi connectivity index (χ4n) is 2.55. The number of rotatable bonds is 3. The summed E-state index contributed by atoms with van der Waals surface area (Å²) in [6, 6.07) is 3.86. The Hall–Kier alpha value is -2.80. The zero-order chi connectivity index (χ0) is 15.8. The number of aryl methyl sites for hydroxylation is 1. The van der Waals surface area contributed by atoms with Crippen LogP contribution in [0.3, 0.4) is 0 Å². The van der Waals surface area contributed by atoms with Crippen LogP contribution in [0.5, 0.6) is 0 Å². The first-order chi connectivity index (χ1) is 11.2. The maximum atomic E-state index is 12.0. The smallest absolute Gasteiger partial charge is 0.231 e. The van der Waals surface area contributed by atoms with Gasteiger partial charge in [-0.15, -0.1) is 0 Å². The molecule has 7 nitrogen and oxygen atoms in total. The molecule has 7 heteroatoms. The van der Waals surface area contributed by atoms with E-state index < -0.39 is 0 Å². The van der Waals surface area contributed by atoms with Crippen LogP contribution < -0.4 is 10.6 Å². The van der Waals surface area contributed by atoms with Gasteiger partial charge in [0, 0.05) is 37.9 Å². The van der Waals surface area contributed by atoms with Crippen LogP contribution in [0.25, 0.3) is 22.2 Å². The highest BCUT2D eigenvalue weighted by Crippen LogP contribution is 2.23. The van der Waals surface area contributed by atoms with E-state index in [-0.39, 0.29) is 11.8 Å². The lowest BCUT2D eigenvalue weighted by Gasteiger charge is -2.25. The molecule has 0 aliphatic carbocycles. The van der Waals surface area contributed by atoms with Gasteiger partial charge in [-0.2, -0.15) is 0 Å². The van der Waals surface area contributed by atoms with E-state index in [1.54, 1.807) is 24.9 Å². The van der Waals surface area contributed by atoms with Crippen LogP contribution in [0.1, 0.15) is 0 Å². The number of imidazole rings is 1. The lowest BCUT2D eigenvalue weighted by atomic mass is 10.0. The van der Waals surface area contributed by atoms with Gasteiger partial charge < -0.3 is 15.2 Å². The predicted octanol–water partition coefficient (Wildman–Crippen LogP) is 1.19. The summed E-state index contributed by atoms with van der Waals surface area (Å²) >= 11 is 0. The molecule has 4 heterocycles. The molecular weight excluding hydrogens is 292 g/mol. The third-order valence-corrected chi connectivity index (χ3v) is 4.09. The zero-order valence-electron chi connectivity index (χ0n) is 12.7. The van der Waals surface area contributed by atoms with Crippen molar-refractivity contribution in [2.45, 2.75) is 0 Å². The number of aromatic nitrogens is 4. The van der Waals surface area contributed by atoms with Gasteiger partial charge in [0.05, 0.1) is 29.8 Å². The van der Waals surface area contributed by atoms with E-state index in [1.165, 1.54) is 0 Å². The quantitative estimate of drug-likeness (QED) is 0.759. The number of pyridine rings is 2. The van der Waals surface area contributed by atoms with Gasteiger partial charge in [0.15, 0.2) is 0 Å². The van der Waals surface area contributed by atoms with Gasteiger partial charge >= 0.3 is 0 Å². The Kier molecular flexibility index (Phi) is 3.27. The van der Waals surface area contributed by atoms with Crippen molar-refractivity contribution >= 4 is 22.5 Å². The van der Waals surface area contributed by atoms with Gasteiger partial charge in [-0.1, -0.05) is 0 Å². The fraction of sp³-hybridized carbons (Fsp3) is 0.250. The molecule has 1 amide bonds. The average molecular weight is 308 g/mol. The lowest BCUT2D eigenvalue weighted by Crippen LogP contribution is -2.48. The van der Waals surface area contributed by atoms with Crippen LogP contribution in [0.15, 0.2) is 37.1 Å². The number of nitrogens with one attached hydrogen (secondary N) is 2. The van der Waals surface area contributed by atoms with Crippen LogP contribution in [-0.2, 0) is 11.8 Å². The molecule has 1 fully saturated rings. The van der Waals surface area contributed by atoms with Crippen LogP contribution in [0.2, 0.25) is 0 Å². The Bertz CT molecular complexity index is 883. The SMILES string of the molecule is Cn1cncc1-c1cc2cc(NC(=O)C3CNC3)ncc2cn1. The number of nitrogens with zero attached hydrogens (tertiary/aromatic N) is 4. The van der Waals surface area contributed by atoms with Gasteiger partial charge in [0.25, 0.3) is 0 Å². The summed E-state index contributed by atoms with van der Waals surface area (Å²) in [5.41, 5.74) is 1.78. The second kappa shape index (κ2) is 5.44. The van der Waals surface area contributed by atoms with E-state index in [1.807, 2.05) is 23.7 Å². The van der Waals surface area contributed by atoms with E-state index in [4.69, 9.17) is 0 Å². The first-order valence-corrected chi connectivity index (χ1v) is 7.45. The minimum absolute atomic E-state index is 0.0107. The van der Waals surface area contributed by atoms with Crippen LogP contribution in [0, 0.1) is 5.92 Å². The molecule has 0 bridgehead atoms. The molecule has 0 saturated carbocycles. The highest BCUT2D eigenvalue weighted by molar-refractivity contribution is 5.95. The van der Waals surface area contributed by atoms with Gasteiger partial charge in [0.2, 0.25) is 5.91 Å². The van der Waals surface area contributed by atoms with E-state index in [2.05, 4.69) is 25.6 Å². The number of anilines is 1. The van der Waals surface area contributed by atoms with Gasteiger partial charge in [-0.3, -0.25) is 9.78 Å². The Balaban J connectivity index is 1.66. The first-order valence-electron chi connectivity index (χ1n) is 7.45. The van der Waals surface area contributed by atoms with Crippen molar-refractivity contribution in [3.8, 4) is 11.4 Å². The monoisotopic (exact) mass is 308 g/mol. The Labute approximate surface area is 132 Å². The van der Waals surface area contributed by atoms with Crippen molar-refractivity contribution in [3.05, 3.63) is 37.1 Å². The predicted molar refractivity (Wildman–Crippen MR) is 86.7 cm³/mol. The second-order valence-corrected chi connectivity index (χ2v) is 5.72. The second-order valence-electron chi connectivity index (χ2n) is 5.72. The summed E-state index contributed by atoms with van der Waals surface area (Å²) in [7, 11) is 1.93. The number of hydrogen-bond acceptors (Lipinski definition) is 5. The summed E-state index contributed by atoms with van der Waals surface area (Å²) < 4.78 is 1.92. The van der Waals surface area contributed by atoms with Gasteiger partial charge in [0.1, 0.15) is 5.82 Å². The molecule has 0 radical (unpaired) electrons. The minimum Gasteiger partial charge on any atom is -0.332 e. The van der Waals surface area contributed by atoms with Gasteiger partial charge in [-0.25, -0.2) is 9.97 Å². The largest absolute Gasteiger partial charge is 0.332 e. The van der Waals surface area contributed by atoms with Crippen molar-refractivity contribution in [3.63, 3.8) is 0 Å². The molecule has 116 valence electrons. The molecule has 0 atom stereocenters. The van der Waals surface area contributed by atoms with Gasteiger partial charge in [-0.05, 0) is 17.5 Å². The van der Waals surface area contributed by atoms with Crippen molar-refractivity contribution < 1.29 is 4.79 Å². The maximum absolute atomic E-state index is 12.0. The minimum atomic E-state index is 0.0107. The topological polar surface area (TPSA) is 84.7 Å². The summed E-state index contributed by atoms with van der Waals surface area (Å²) in [6.45, 7) is 1.46. The van der Waals surface area contributed by atoms with Crippen molar-refractivity contribution in [2.24, 2.45) is 13.0 Å². The lowest BCUT2D eigenvalue weighted by molar-refractivity contribution is -0.121. The van der Waals surface area contributed by atoms with Crippen LogP contribution in [-0.4, -0.2) is 38.5 Å². The molecule has 2 N–H and O–H groups in total. The summed E-state index contributed by atoms with van der Waals surface area (Å²) in [4.78, 5) is 24.9. The van der Waals surface area contributed by atoms with E-state index in [0.29, 0.717) is 5.82 Å². The number of fused-ring (bicyclic) bond motifs is 1. The van der Waals surface area contributed by atoms with Crippen molar-refractivity contribution in [1.29, 1.82) is 0 Å². The Morgan fingerprint density at radius 3 is 2.74 bits per heavy atom. The summed E-state index contributed by atoms with van der Waals surface area (Å²) in [5.74, 6) is 0.614. The van der Waals surface area contributed by atoms with Crippen molar-refractivity contribution in [1.82, 2.24) is 24.8 Å². The molecule has 23 heavy (non-hydrogen) atoms. The molecule has 0 aromatic carbocycles. The fourth-order valence-corrected chi connectivity index (χ4v) is 2.55. The molecule has 1 saturated heterocycles. The summed E-state index contributed by atoms with van der Waals surface area (Å²) in [5, 5.41) is 7.87. The van der Waals surface area contributed by atoms with Crippen molar-refractivity contribution in [2.75, 3.05) is 18.4 Å². The molecule has 3 aromatic rings. The van der Waals surface area contributed by atoms with Crippen LogP contribution in [0.4, 0.5) is 5.82 Å². The Morgan fingerprint density at radius 1 is 1.22 bits per heavy atom. The maximum Gasteiger partial charge on any atom is 0.231 e. The molecule has 4 rings (SSSR count). The number of carbonyl (C=O) groups excluding carboxylic acids is 1. The molecular formula is C16H16N6O. The van der Waals surface area contributed by atoms with E-state index >= 15 is 0 Å². The first kappa shape index (κ1) is 13.8. The standard InChI is InChI=1S/C16H16N6O/c1-22-9-18-8-14(22)13-2-10-3-15(20-7-11(10)6-19-13)21-16(23)12-4-17-5-12/h2-3,6-9,12,17H,4-5H2,1H3,(H,20,21,23). The number of amides is 1. The molecule has 3 aromatic heterocycles. The third kappa shape index (κ3) is 2.55.